The average Bonchev–Trinajstić information content (AvgIpc) is 3.09. The van der Waals surface area contributed by atoms with Gasteiger partial charge in [-0.05, 0) is 95.3 Å². The van der Waals surface area contributed by atoms with Crippen LogP contribution in [0.15, 0.2) is 77.2 Å². The van der Waals surface area contributed by atoms with E-state index in [2.05, 4.69) is 43.1 Å². The standard InChI is InChI=1S/C39H52N8O7/c1-9-27(14-19-32(49)43-30-15-10-26(11-16-30)24-41-34(40-8)45-36(51)53-38(2,3)4)33(50)44-31-17-12-28(13-18-31)29-20-22-47(23-21-29)35(42-25-48)46-37(52)54-39(5,6)7/h9-13,15-18,20,25,27H,1,14,19,21-24H2,2-8H3,(H,43,49)(H,44,50)(H2,40,41,45,51)(H,42,46,48,52). The van der Waals surface area contributed by atoms with E-state index in [-0.39, 0.29) is 36.6 Å². The number of ether oxygens (including phenoxy) is 2. The van der Waals surface area contributed by atoms with E-state index in [1.54, 1.807) is 65.6 Å². The van der Waals surface area contributed by atoms with Gasteiger partial charge >= 0.3 is 12.2 Å². The van der Waals surface area contributed by atoms with Crippen LogP contribution in [0.3, 0.4) is 0 Å². The molecule has 5 N–H and O–H groups in total. The Bertz CT molecular complexity index is 1740. The van der Waals surface area contributed by atoms with Gasteiger partial charge in [-0.15, -0.1) is 6.58 Å². The van der Waals surface area contributed by atoms with E-state index in [1.165, 1.54) is 6.08 Å². The van der Waals surface area contributed by atoms with E-state index >= 15 is 0 Å². The van der Waals surface area contributed by atoms with Crippen molar-refractivity contribution in [2.45, 2.75) is 78.6 Å². The lowest BCUT2D eigenvalue weighted by Crippen LogP contribution is -2.47. The summed E-state index contributed by atoms with van der Waals surface area (Å²) in [5.41, 5.74) is 2.81. The van der Waals surface area contributed by atoms with Crippen molar-refractivity contribution >= 4 is 59.3 Å². The second-order valence-electron chi connectivity index (χ2n) is 14.4. The smallest absolute Gasteiger partial charge is 0.414 e. The molecule has 0 fully saturated rings. The van der Waals surface area contributed by atoms with Crippen LogP contribution in [0.5, 0.6) is 0 Å². The summed E-state index contributed by atoms with van der Waals surface area (Å²) in [6.07, 6.45) is 3.60. The number of anilines is 2. The van der Waals surface area contributed by atoms with Gasteiger partial charge in [0.1, 0.15) is 11.2 Å². The van der Waals surface area contributed by atoms with Crippen molar-refractivity contribution in [3.05, 3.63) is 78.4 Å². The van der Waals surface area contributed by atoms with Gasteiger partial charge in [0.15, 0.2) is 0 Å². The molecular weight excluding hydrogens is 692 g/mol. The van der Waals surface area contributed by atoms with Gasteiger partial charge in [-0.25, -0.2) is 9.59 Å². The first-order valence-corrected chi connectivity index (χ1v) is 17.6. The minimum Gasteiger partial charge on any atom is -0.444 e. The molecule has 0 spiro atoms. The number of benzene rings is 2. The number of amides is 5. The van der Waals surface area contributed by atoms with Gasteiger partial charge in [0.2, 0.25) is 30.1 Å². The van der Waals surface area contributed by atoms with E-state index < -0.39 is 29.3 Å². The molecule has 1 heterocycles. The van der Waals surface area contributed by atoms with Crippen LogP contribution in [-0.4, -0.2) is 78.6 Å². The molecule has 5 amide bonds. The Morgan fingerprint density at radius 1 is 0.889 bits per heavy atom. The number of rotatable bonds is 11. The third-order valence-corrected chi connectivity index (χ3v) is 7.66. The third kappa shape index (κ3) is 14.9. The zero-order valence-electron chi connectivity index (χ0n) is 32.1. The topological polar surface area (TPSA) is 192 Å². The Balaban J connectivity index is 1.45. The lowest BCUT2D eigenvalue weighted by molar-refractivity contribution is -0.119. The fraction of sp³-hybridized carbons (Fsp3) is 0.410. The molecular formula is C39H52N8O7. The van der Waals surface area contributed by atoms with E-state index in [1.807, 2.05) is 42.5 Å². The molecule has 54 heavy (non-hydrogen) atoms. The average molecular weight is 745 g/mol. The Labute approximate surface area is 316 Å². The van der Waals surface area contributed by atoms with Crippen LogP contribution in [0.4, 0.5) is 21.0 Å². The van der Waals surface area contributed by atoms with Crippen molar-refractivity contribution in [3.8, 4) is 0 Å². The van der Waals surface area contributed by atoms with Gasteiger partial charge in [0.05, 0.1) is 5.92 Å². The number of carbonyl (C=O) groups excluding carboxylic acids is 5. The maximum Gasteiger partial charge on any atom is 0.414 e. The number of hydrogen-bond acceptors (Lipinski definition) is 8. The van der Waals surface area contributed by atoms with Crippen LogP contribution < -0.4 is 26.6 Å². The van der Waals surface area contributed by atoms with Gasteiger partial charge in [0, 0.05) is 44.5 Å². The normalized spacial score (nSPS) is 14.1. The highest BCUT2D eigenvalue weighted by molar-refractivity contribution is 5.98. The number of carbonyl (C=O) groups is 5. The highest BCUT2D eigenvalue weighted by Crippen LogP contribution is 2.25. The lowest BCUT2D eigenvalue weighted by atomic mass is 9.99. The van der Waals surface area contributed by atoms with Crippen molar-refractivity contribution in [2.24, 2.45) is 15.9 Å². The molecule has 15 nitrogen and oxygen atoms in total. The molecule has 15 heteroatoms. The van der Waals surface area contributed by atoms with Crippen molar-refractivity contribution in [3.63, 3.8) is 0 Å². The molecule has 3 rings (SSSR count). The van der Waals surface area contributed by atoms with Crippen LogP contribution in [0.2, 0.25) is 0 Å². The summed E-state index contributed by atoms with van der Waals surface area (Å²) in [6, 6.07) is 14.6. The predicted molar refractivity (Wildman–Crippen MR) is 210 cm³/mol. The number of nitrogens with one attached hydrogen (secondary N) is 5. The van der Waals surface area contributed by atoms with Crippen LogP contribution >= 0.6 is 0 Å². The summed E-state index contributed by atoms with van der Waals surface area (Å²) in [7, 11) is 1.55. The highest BCUT2D eigenvalue weighted by Gasteiger charge is 2.23. The molecule has 0 bridgehead atoms. The van der Waals surface area contributed by atoms with Crippen LogP contribution in [0.25, 0.3) is 5.57 Å². The van der Waals surface area contributed by atoms with Gasteiger partial charge in [-0.1, -0.05) is 36.4 Å². The monoisotopic (exact) mass is 744 g/mol. The molecule has 1 atom stereocenters. The van der Waals surface area contributed by atoms with Crippen LogP contribution in [-0.2, 0) is 30.4 Å². The largest absolute Gasteiger partial charge is 0.444 e. The summed E-state index contributed by atoms with van der Waals surface area (Å²) >= 11 is 0. The maximum atomic E-state index is 13.0. The zero-order valence-corrected chi connectivity index (χ0v) is 32.1. The SMILES string of the molecule is C=CC(CCC(=O)Nc1ccc(CN/C(=N/C)NC(=O)OC(C)(C)C)cc1)C(=O)Nc1ccc(C2=CCN(/C(=N\C=O)NC(=O)OC(C)(C)C)CC2)cc1. The predicted octanol–water partition coefficient (Wildman–Crippen LogP) is 5.57. The van der Waals surface area contributed by atoms with E-state index in [0.29, 0.717) is 43.8 Å². The van der Waals surface area contributed by atoms with E-state index in [0.717, 1.165) is 16.7 Å². The Morgan fingerprint density at radius 3 is 2.02 bits per heavy atom. The van der Waals surface area contributed by atoms with Gasteiger partial charge in [-0.3, -0.25) is 30.0 Å². The van der Waals surface area contributed by atoms with Gasteiger partial charge in [0.25, 0.3) is 0 Å². The Morgan fingerprint density at radius 2 is 1.48 bits per heavy atom. The molecule has 1 unspecified atom stereocenters. The third-order valence-electron chi connectivity index (χ3n) is 7.66. The second kappa shape index (κ2) is 19.7. The molecule has 1 aliphatic heterocycles. The molecule has 2 aromatic rings. The number of alkyl carbamates (subject to hydrolysis) is 2. The molecule has 0 saturated carbocycles. The second-order valence-corrected chi connectivity index (χ2v) is 14.4. The Hall–Kier alpha value is -5.99. The quantitative estimate of drug-likeness (QED) is 0.0847. The summed E-state index contributed by atoms with van der Waals surface area (Å²) in [5, 5.41) is 13.9. The summed E-state index contributed by atoms with van der Waals surface area (Å²) in [5.74, 6) is -0.715. The molecule has 0 radical (unpaired) electrons. The molecule has 290 valence electrons. The molecule has 0 aromatic heterocycles. The lowest BCUT2D eigenvalue weighted by Gasteiger charge is -2.29. The minimum atomic E-state index is -0.697. The summed E-state index contributed by atoms with van der Waals surface area (Å²) < 4.78 is 10.5. The van der Waals surface area contributed by atoms with Crippen LogP contribution in [0.1, 0.15) is 71.9 Å². The molecule has 0 saturated heterocycles. The minimum absolute atomic E-state index is 0.108. The molecule has 0 aliphatic carbocycles. The number of guanidine groups is 2. The maximum absolute atomic E-state index is 13.0. The molecule has 2 aromatic carbocycles. The number of hydrogen-bond donors (Lipinski definition) is 5. The fourth-order valence-electron chi connectivity index (χ4n) is 5.10. The summed E-state index contributed by atoms with van der Waals surface area (Å²) in [6.45, 7) is 15.7. The summed E-state index contributed by atoms with van der Waals surface area (Å²) in [4.78, 5) is 70.7. The number of nitrogens with zero attached hydrogens (tertiary/aromatic N) is 3. The van der Waals surface area contributed by atoms with Crippen molar-refractivity contribution in [1.82, 2.24) is 20.9 Å². The van der Waals surface area contributed by atoms with E-state index in [4.69, 9.17) is 9.47 Å². The fourth-order valence-corrected chi connectivity index (χ4v) is 5.10. The first kappa shape index (κ1) is 42.4. The number of aliphatic imine (C=N–C) groups is 2. The van der Waals surface area contributed by atoms with Gasteiger partial charge in [-0.2, -0.15) is 4.99 Å². The first-order chi connectivity index (χ1) is 25.5. The molecule has 1 aliphatic rings. The van der Waals surface area contributed by atoms with Crippen molar-refractivity contribution in [1.29, 1.82) is 0 Å². The Kier molecular flexibility index (Phi) is 15.5. The zero-order chi connectivity index (χ0) is 39.9. The van der Waals surface area contributed by atoms with Crippen molar-refractivity contribution in [2.75, 3.05) is 30.8 Å². The first-order valence-electron chi connectivity index (χ1n) is 17.6. The van der Waals surface area contributed by atoms with Gasteiger partial charge < -0.3 is 30.3 Å². The highest BCUT2D eigenvalue weighted by atomic mass is 16.6. The van der Waals surface area contributed by atoms with E-state index in [9.17, 15) is 24.0 Å². The van der Waals surface area contributed by atoms with Crippen molar-refractivity contribution < 1.29 is 33.4 Å². The van der Waals surface area contributed by atoms with Crippen LogP contribution in [0, 0.1) is 5.92 Å².